The predicted molar refractivity (Wildman–Crippen MR) is 153 cm³/mol. The van der Waals surface area contributed by atoms with E-state index in [2.05, 4.69) is 4.99 Å². The highest BCUT2D eigenvalue weighted by Crippen LogP contribution is 2.44. The predicted octanol–water partition coefficient (Wildman–Crippen LogP) is -1.79. The summed E-state index contributed by atoms with van der Waals surface area (Å²) < 4.78 is 49.0. The number of rotatable bonds is 10. The molecule has 1 amide bonds. The molecule has 0 aromatic rings. The number of amides is 1. The van der Waals surface area contributed by atoms with E-state index in [0.717, 1.165) is 55.4 Å². The Kier molecular flexibility index (Phi) is 12.3. The third-order valence-electron chi connectivity index (χ3n) is 7.30. The van der Waals surface area contributed by atoms with Crippen LogP contribution in [-0.4, -0.2) is 138 Å². The van der Waals surface area contributed by atoms with Gasteiger partial charge in [-0.05, 0) is 0 Å². The van der Waals surface area contributed by atoms with E-state index in [1.165, 1.54) is 0 Å². The number of aliphatic imine (C=N–C) groups is 1. The van der Waals surface area contributed by atoms with Crippen molar-refractivity contribution in [2.75, 3.05) is 13.2 Å². The van der Waals surface area contributed by atoms with Crippen LogP contribution in [0, 0.1) is 0 Å². The summed E-state index contributed by atoms with van der Waals surface area (Å²) in [6.07, 6.45) is -13.0. The second-order valence-electron chi connectivity index (χ2n) is 11.3. The number of amidine groups is 1. The fourth-order valence-corrected chi connectivity index (χ4v) is 5.69. The maximum atomic E-state index is 13.4. The molecule has 0 spiro atoms. The minimum absolute atomic E-state index is 0.612. The topological polar surface area (TPSA) is 255 Å². The highest BCUT2D eigenvalue weighted by atomic mass is 16.7. The van der Waals surface area contributed by atoms with Crippen LogP contribution in [-0.2, 0) is 81.0 Å². The molecule has 1 N–H and O–H groups in total. The lowest BCUT2D eigenvalue weighted by Crippen LogP contribution is -2.67. The highest BCUT2D eigenvalue weighted by Gasteiger charge is 2.69. The van der Waals surface area contributed by atoms with Gasteiger partial charge in [-0.1, -0.05) is 0 Å². The molecular weight excluding hydrogens is 664 g/mol. The molecule has 20 heteroatoms. The Labute approximate surface area is 279 Å². The van der Waals surface area contributed by atoms with Gasteiger partial charge in [0.25, 0.3) is 6.02 Å². The molecule has 272 valence electrons. The monoisotopic (exact) mass is 702 g/mol. The Balaban J connectivity index is 2.20. The lowest BCUT2D eigenvalue weighted by molar-refractivity contribution is -0.270. The Morgan fingerprint density at radius 1 is 0.673 bits per heavy atom. The summed E-state index contributed by atoms with van der Waals surface area (Å²) in [6, 6.07) is -2.16. The molecule has 0 aromatic carbocycles. The summed E-state index contributed by atoms with van der Waals surface area (Å²) in [5, 5.41) is 11.9. The van der Waals surface area contributed by atoms with Gasteiger partial charge in [-0.2, -0.15) is 0 Å². The van der Waals surface area contributed by atoms with Crippen molar-refractivity contribution in [2.45, 2.75) is 116 Å². The van der Waals surface area contributed by atoms with Crippen molar-refractivity contribution < 1.29 is 86.1 Å². The minimum Gasteiger partial charge on any atom is -0.463 e. The van der Waals surface area contributed by atoms with E-state index in [9.17, 15) is 43.5 Å². The van der Waals surface area contributed by atoms with Crippen LogP contribution in [0.25, 0.3) is 0 Å². The van der Waals surface area contributed by atoms with Crippen LogP contribution in [0.15, 0.2) is 4.99 Å². The van der Waals surface area contributed by atoms with Gasteiger partial charge >= 0.3 is 41.8 Å². The zero-order chi connectivity index (χ0) is 37.0. The van der Waals surface area contributed by atoms with Crippen LogP contribution in [0.1, 0.15) is 55.4 Å². The molecule has 2 aliphatic heterocycles. The molecule has 0 aromatic heterocycles. The average molecular weight is 703 g/mol. The Hall–Kier alpha value is -4.85. The van der Waals surface area contributed by atoms with Gasteiger partial charge in [0, 0.05) is 55.4 Å². The normalized spacial score (nSPS) is 31.4. The SMILES string of the molecule is CC(=O)OC[C@H]1O[C@H](N(C(C)=O)C2=N[C@@H]3[C@H](O2)[C@@H](OC(C)=O)[C@@H](OC(C)=O)[C@]3(O)COC(C)=O)[C@H](OC(C)=O)[C@@H](OC(C)=O)[C@@H]1OC(C)=O. The smallest absolute Gasteiger partial charge is 0.303 e. The average Bonchev–Trinajstić information content (AvgIpc) is 3.46. The summed E-state index contributed by atoms with van der Waals surface area (Å²) in [4.78, 5) is 103. The maximum Gasteiger partial charge on any atom is 0.303 e. The molecule has 0 bridgehead atoms. The lowest BCUT2D eigenvalue weighted by Gasteiger charge is -2.47. The van der Waals surface area contributed by atoms with Gasteiger partial charge in [0.2, 0.25) is 5.91 Å². The minimum atomic E-state index is -2.40. The Morgan fingerprint density at radius 3 is 1.65 bits per heavy atom. The first-order valence-electron chi connectivity index (χ1n) is 14.8. The van der Waals surface area contributed by atoms with Crippen molar-refractivity contribution in [3.63, 3.8) is 0 Å². The summed E-state index contributed by atoms with van der Waals surface area (Å²) in [5.41, 5.74) is -2.40. The first kappa shape index (κ1) is 38.6. The van der Waals surface area contributed by atoms with Crippen LogP contribution in [0.2, 0.25) is 0 Å². The van der Waals surface area contributed by atoms with Crippen LogP contribution in [0.4, 0.5) is 0 Å². The number of nitrogens with zero attached hydrogens (tertiary/aromatic N) is 2. The number of carbonyl (C=O) groups is 8. The van der Waals surface area contributed by atoms with Crippen LogP contribution < -0.4 is 0 Å². The zero-order valence-corrected chi connectivity index (χ0v) is 27.9. The van der Waals surface area contributed by atoms with Gasteiger partial charge in [-0.25, -0.2) is 9.89 Å². The third-order valence-corrected chi connectivity index (χ3v) is 7.30. The molecule has 1 saturated carbocycles. The van der Waals surface area contributed by atoms with Crippen molar-refractivity contribution in [3.05, 3.63) is 0 Å². The Morgan fingerprint density at radius 2 is 1.16 bits per heavy atom. The molecule has 1 saturated heterocycles. The molecule has 1 aliphatic carbocycles. The molecular formula is C29H38N2O18. The van der Waals surface area contributed by atoms with Crippen molar-refractivity contribution in [1.29, 1.82) is 0 Å². The van der Waals surface area contributed by atoms with Crippen LogP contribution in [0.5, 0.6) is 0 Å². The first-order chi connectivity index (χ1) is 22.8. The van der Waals surface area contributed by atoms with Crippen molar-refractivity contribution >= 4 is 53.7 Å². The molecule has 3 aliphatic rings. The molecule has 0 radical (unpaired) electrons. The van der Waals surface area contributed by atoms with E-state index < -0.39 is 128 Å². The van der Waals surface area contributed by atoms with E-state index in [0.29, 0.717) is 4.90 Å². The zero-order valence-electron chi connectivity index (χ0n) is 27.9. The van der Waals surface area contributed by atoms with E-state index in [-0.39, 0.29) is 0 Å². The van der Waals surface area contributed by atoms with Gasteiger partial charge in [0.1, 0.15) is 25.4 Å². The quantitative estimate of drug-likeness (QED) is 0.195. The number of esters is 7. The second kappa shape index (κ2) is 15.6. The lowest BCUT2D eigenvalue weighted by atomic mass is 9.96. The summed E-state index contributed by atoms with van der Waals surface area (Å²) in [7, 11) is 0. The molecule has 2 fully saturated rings. The molecule has 2 heterocycles. The van der Waals surface area contributed by atoms with Gasteiger partial charge in [0.05, 0.1) is 0 Å². The second-order valence-corrected chi connectivity index (χ2v) is 11.3. The van der Waals surface area contributed by atoms with E-state index in [1.54, 1.807) is 0 Å². The van der Waals surface area contributed by atoms with Gasteiger partial charge in [-0.3, -0.25) is 38.4 Å². The summed E-state index contributed by atoms with van der Waals surface area (Å²) in [6.45, 7) is 6.77. The molecule has 20 nitrogen and oxygen atoms in total. The van der Waals surface area contributed by atoms with Gasteiger partial charge in [0.15, 0.2) is 48.5 Å². The highest BCUT2D eigenvalue weighted by molar-refractivity contribution is 5.94. The van der Waals surface area contributed by atoms with Gasteiger partial charge < -0.3 is 47.7 Å². The fourth-order valence-electron chi connectivity index (χ4n) is 5.69. The largest absolute Gasteiger partial charge is 0.463 e. The molecule has 49 heavy (non-hydrogen) atoms. The van der Waals surface area contributed by atoms with Crippen LogP contribution in [0.3, 0.4) is 0 Å². The number of hydrogen-bond donors (Lipinski definition) is 1. The molecule has 10 atom stereocenters. The first-order valence-corrected chi connectivity index (χ1v) is 14.8. The third kappa shape index (κ3) is 8.99. The number of carbonyl (C=O) groups excluding carboxylic acids is 8. The van der Waals surface area contributed by atoms with Crippen molar-refractivity contribution in [1.82, 2.24) is 4.90 Å². The van der Waals surface area contributed by atoms with Crippen molar-refractivity contribution in [3.8, 4) is 0 Å². The van der Waals surface area contributed by atoms with E-state index >= 15 is 0 Å². The molecule has 0 unspecified atom stereocenters. The van der Waals surface area contributed by atoms with Crippen LogP contribution >= 0.6 is 0 Å². The summed E-state index contributed by atoms with van der Waals surface area (Å²) in [5.74, 6) is -7.09. The number of ether oxygens (including phenoxy) is 9. The number of hydrogen-bond acceptors (Lipinski definition) is 19. The standard InChI is InChI=1S/C29H38N2O18/c1-11(32)31(27-24(46-17(7)38)21(44-15(5)36)20(43-14(4)35)19(48-27)9-41-12(2)33)28-30-25-22(49-28)23(45-16(6)37)26(47-18(8)39)29(25,40)10-42-13(3)34/h19-27,40H,9-10H2,1-8H3/t19-,20-,21+,22-,23-,24-,25-,26-,27+,29+/m1/s1. The summed E-state index contributed by atoms with van der Waals surface area (Å²) >= 11 is 0. The van der Waals surface area contributed by atoms with E-state index in [1.807, 2.05) is 0 Å². The number of fused-ring (bicyclic) bond motifs is 1. The van der Waals surface area contributed by atoms with Gasteiger partial charge in [-0.15, -0.1) is 0 Å². The van der Waals surface area contributed by atoms with Crippen molar-refractivity contribution in [2.24, 2.45) is 4.99 Å². The van der Waals surface area contributed by atoms with E-state index in [4.69, 9.17) is 42.6 Å². The fraction of sp³-hybridized carbons (Fsp3) is 0.690. The Bertz CT molecular complexity index is 1400. The number of aliphatic hydroxyl groups is 1. The maximum absolute atomic E-state index is 13.4. The molecule has 3 rings (SSSR count).